The molecule has 0 atom stereocenters. The molecule has 0 radical (unpaired) electrons. The number of anilines is 1. The van der Waals surface area contributed by atoms with Crippen molar-refractivity contribution in [3.63, 3.8) is 0 Å². The second-order valence-electron chi connectivity index (χ2n) is 5.96. The number of benzene rings is 2. The van der Waals surface area contributed by atoms with E-state index in [1.807, 2.05) is 56.3 Å². The molecule has 0 saturated carbocycles. The van der Waals surface area contributed by atoms with Gasteiger partial charge in [-0.25, -0.2) is 5.43 Å². The third-order valence-electron chi connectivity index (χ3n) is 3.65. The Bertz CT molecular complexity index is 783. The van der Waals surface area contributed by atoms with E-state index in [-0.39, 0.29) is 0 Å². The molecule has 0 unspecified atom stereocenters. The van der Waals surface area contributed by atoms with Crippen molar-refractivity contribution in [2.24, 2.45) is 0 Å². The summed E-state index contributed by atoms with van der Waals surface area (Å²) in [6.07, 6.45) is 6.39. The van der Waals surface area contributed by atoms with Crippen molar-refractivity contribution in [2.45, 2.75) is 13.8 Å². The molecule has 30 heavy (non-hydrogen) atoms. The number of methoxy groups -OCH3 is 1. The smallest absolute Gasteiger partial charge is 0.150 e. The zero-order valence-corrected chi connectivity index (χ0v) is 18.7. The summed E-state index contributed by atoms with van der Waals surface area (Å²) >= 11 is 0. The number of para-hydroxylation sites is 1. The lowest BCUT2D eigenvalue weighted by atomic mass is 10.1. The highest BCUT2D eigenvalue weighted by molar-refractivity contribution is 5.75. The molecule has 2 rings (SSSR count). The van der Waals surface area contributed by atoms with Crippen LogP contribution in [-0.2, 0) is 4.74 Å². The van der Waals surface area contributed by atoms with Gasteiger partial charge in [0, 0.05) is 38.6 Å². The van der Waals surface area contributed by atoms with Gasteiger partial charge in [-0.2, -0.15) is 0 Å². The summed E-state index contributed by atoms with van der Waals surface area (Å²) in [7, 11) is 5.05. The van der Waals surface area contributed by atoms with E-state index in [1.54, 1.807) is 44.6 Å². The predicted molar refractivity (Wildman–Crippen MR) is 128 cm³/mol. The third kappa shape index (κ3) is 10.4. The Hall–Kier alpha value is -3.15. The monoisotopic (exact) mass is 410 g/mol. The first-order valence-corrected chi connectivity index (χ1v) is 9.58. The molecular formula is C25H34N2O3. The van der Waals surface area contributed by atoms with Gasteiger partial charge in [0.2, 0.25) is 0 Å². The maximum Gasteiger partial charge on any atom is 0.150 e. The maximum atomic E-state index is 10.4. The Morgan fingerprint density at radius 1 is 1.10 bits per heavy atom. The summed E-state index contributed by atoms with van der Waals surface area (Å²) < 4.78 is 9.75. The van der Waals surface area contributed by atoms with Crippen LogP contribution < -0.4 is 15.2 Å². The van der Waals surface area contributed by atoms with Gasteiger partial charge in [-0.3, -0.25) is 9.80 Å². The van der Waals surface area contributed by atoms with Gasteiger partial charge in [0.25, 0.3) is 0 Å². The largest absolute Gasteiger partial charge is 0.493 e. The van der Waals surface area contributed by atoms with Crippen LogP contribution in [0.1, 0.15) is 29.8 Å². The number of allylic oxidation sites excluding steroid dienone is 2. The summed E-state index contributed by atoms with van der Waals surface area (Å²) in [5, 5.41) is 1.76. The van der Waals surface area contributed by atoms with E-state index >= 15 is 0 Å². The Kier molecular flexibility index (Phi) is 15.0. The highest BCUT2D eigenvalue weighted by Gasteiger charge is 1.99. The molecule has 5 heteroatoms. The molecule has 0 heterocycles. The van der Waals surface area contributed by atoms with Crippen LogP contribution in [0.15, 0.2) is 79.5 Å². The van der Waals surface area contributed by atoms with Gasteiger partial charge in [0.15, 0.2) is 0 Å². The summed E-state index contributed by atoms with van der Waals surface area (Å²) in [5.74, 6) is 0.927. The minimum absolute atomic E-state index is 0.670. The lowest BCUT2D eigenvalue weighted by Crippen LogP contribution is -2.28. The molecule has 1 N–H and O–H groups in total. The summed E-state index contributed by atoms with van der Waals surface area (Å²) in [6, 6.07) is 15.2. The number of hydrogen-bond donors (Lipinski definition) is 1. The predicted octanol–water partition coefficient (Wildman–Crippen LogP) is 5.52. The van der Waals surface area contributed by atoms with Gasteiger partial charge < -0.3 is 9.47 Å². The second-order valence-corrected chi connectivity index (χ2v) is 5.96. The van der Waals surface area contributed by atoms with Crippen LogP contribution >= 0.6 is 0 Å². The number of carbonyl (C=O) groups excluding carboxylic acids is 1. The van der Waals surface area contributed by atoms with E-state index in [0.29, 0.717) is 12.2 Å². The molecule has 0 aliphatic rings. The molecule has 5 nitrogen and oxygen atoms in total. The van der Waals surface area contributed by atoms with Crippen molar-refractivity contribution < 1.29 is 14.3 Å². The van der Waals surface area contributed by atoms with Gasteiger partial charge in [-0.1, -0.05) is 43.0 Å². The number of hydrazine groups is 1. The van der Waals surface area contributed by atoms with Crippen LogP contribution in [0.3, 0.4) is 0 Å². The Balaban J connectivity index is 0.000000497. The van der Waals surface area contributed by atoms with Crippen LogP contribution in [0.2, 0.25) is 0 Å². The van der Waals surface area contributed by atoms with Crippen LogP contribution in [0.4, 0.5) is 5.69 Å². The second kappa shape index (κ2) is 16.8. The Morgan fingerprint density at radius 2 is 1.70 bits per heavy atom. The summed E-state index contributed by atoms with van der Waals surface area (Å²) in [4.78, 5) is 10.4. The highest BCUT2D eigenvalue weighted by Crippen LogP contribution is 2.20. The van der Waals surface area contributed by atoms with Crippen molar-refractivity contribution in [3.05, 3.63) is 90.7 Å². The first-order valence-electron chi connectivity index (χ1n) is 9.58. The zero-order chi connectivity index (χ0) is 22.8. The van der Waals surface area contributed by atoms with Crippen LogP contribution in [0.5, 0.6) is 5.75 Å². The number of rotatable bonds is 8. The molecule has 0 spiro atoms. The summed E-state index contributed by atoms with van der Waals surface area (Å²) in [6.45, 7) is 12.1. The SMILES string of the molecule is C=C/C(C)=C/c1ccccc1OCC.C=CN(NC)c1ccc(C=O)cc1.COC. The van der Waals surface area contributed by atoms with E-state index < -0.39 is 0 Å². The minimum atomic E-state index is 0.670. The highest BCUT2D eigenvalue weighted by atomic mass is 16.5. The first-order chi connectivity index (χ1) is 14.5. The molecular weight excluding hydrogens is 376 g/mol. The number of aldehydes is 1. The number of nitrogens with one attached hydrogen (secondary N) is 1. The Labute approximate surface area is 181 Å². The van der Waals surface area contributed by atoms with E-state index in [4.69, 9.17) is 4.74 Å². The molecule has 0 aromatic heterocycles. The lowest BCUT2D eigenvalue weighted by Gasteiger charge is -2.17. The van der Waals surface area contributed by atoms with E-state index in [2.05, 4.69) is 29.4 Å². The average Bonchev–Trinajstić information content (AvgIpc) is 2.77. The Morgan fingerprint density at radius 3 is 2.17 bits per heavy atom. The van der Waals surface area contributed by atoms with E-state index in [1.165, 1.54) is 0 Å². The molecule has 2 aromatic rings. The topological polar surface area (TPSA) is 50.8 Å². The molecule has 0 aliphatic carbocycles. The third-order valence-corrected chi connectivity index (χ3v) is 3.65. The van der Waals surface area contributed by atoms with Crippen molar-refractivity contribution in [2.75, 3.05) is 32.9 Å². The molecule has 162 valence electrons. The van der Waals surface area contributed by atoms with E-state index in [0.717, 1.165) is 28.9 Å². The van der Waals surface area contributed by atoms with Crippen LogP contribution in [-0.4, -0.2) is 34.2 Å². The number of ether oxygens (including phenoxy) is 2. The number of hydrogen-bond acceptors (Lipinski definition) is 5. The van der Waals surface area contributed by atoms with Crippen molar-refractivity contribution >= 4 is 18.0 Å². The fraction of sp³-hybridized carbons (Fsp3) is 0.240. The van der Waals surface area contributed by atoms with Crippen molar-refractivity contribution in [1.29, 1.82) is 0 Å². The molecule has 2 aromatic carbocycles. The number of carbonyl (C=O) groups is 1. The van der Waals surface area contributed by atoms with Gasteiger partial charge in [0.1, 0.15) is 12.0 Å². The van der Waals surface area contributed by atoms with Crippen LogP contribution in [0, 0.1) is 0 Å². The van der Waals surface area contributed by atoms with E-state index in [9.17, 15) is 4.79 Å². The normalized spacial score (nSPS) is 9.83. The average molecular weight is 411 g/mol. The zero-order valence-electron chi connectivity index (χ0n) is 18.7. The quantitative estimate of drug-likeness (QED) is 0.353. The van der Waals surface area contributed by atoms with Gasteiger partial charge >= 0.3 is 0 Å². The lowest BCUT2D eigenvalue weighted by molar-refractivity contribution is 0.112. The van der Waals surface area contributed by atoms with Gasteiger partial charge in [-0.15, -0.1) is 0 Å². The molecule has 0 aliphatic heterocycles. The minimum Gasteiger partial charge on any atom is -0.493 e. The maximum absolute atomic E-state index is 10.4. The molecule has 0 fully saturated rings. The fourth-order valence-electron chi connectivity index (χ4n) is 2.23. The van der Waals surface area contributed by atoms with Crippen molar-refractivity contribution in [3.8, 4) is 5.75 Å². The fourth-order valence-corrected chi connectivity index (χ4v) is 2.23. The molecule has 0 bridgehead atoms. The standard InChI is InChI=1S/C13H16O.C10H12N2O.C2H6O/c1-4-11(3)10-12-8-6-7-9-13(12)14-5-2;1-3-12(11-2)10-6-4-9(8-13)5-7-10;1-3-2/h4,6-10H,1,5H2,2-3H3;3-8,11H,1H2,2H3;1-2H3/b11-10+;;. The first kappa shape index (κ1) is 26.9. The summed E-state index contributed by atoms with van der Waals surface area (Å²) in [5.41, 5.74) is 6.79. The van der Waals surface area contributed by atoms with Gasteiger partial charge in [-0.05, 0) is 50.3 Å². The van der Waals surface area contributed by atoms with Crippen molar-refractivity contribution in [1.82, 2.24) is 5.43 Å². The van der Waals surface area contributed by atoms with Crippen LogP contribution in [0.25, 0.3) is 6.08 Å². The number of nitrogens with zero attached hydrogens (tertiary/aromatic N) is 1. The molecule has 0 saturated heterocycles. The molecule has 0 amide bonds. The van der Waals surface area contributed by atoms with Gasteiger partial charge in [0.05, 0.1) is 12.3 Å².